The van der Waals surface area contributed by atoms with Gasteiger partial charge in [0.25, 0.3) is 0 Å². The molecular weight excluding hydrogens is 214 g/mol. The van der Waals surface area contributed by atoms with E-state index in [1.54, 1.807) is 24.4 Å². The molecule has 0 radical (unpaired) electrons. The van der Waals surface area contributed by atoms with Crippen LogP contribution in [0.25, 0.3) is 16.9 Å². The molecule has 0 fully saturated rings. The number of nitrogen functional groups attached to an aromatic ring is 1. The van der Waals surface area contributed by atoms with E-state index in [2.05, 4.69) is 4.98 Å². The van der Waals surface area contributed by atoms with Gasteiger partial charge in [-0.25, -0.2) is 4.98 Å². The number of fused-ring (bicyclic) bond motifs is 1. The van der Waals surface area contributed by atoms with Crippen molar-refractivity contribution >= 4 is 11.2 Å². The smallest absolute Gasteiger partial charge is 0.144 e. The number of aromatic hydroxyl groups is 1. The van der Waals surface area contributed by atoms with Crippen LogP contribution in [0.3, 0.4) is 0 Å². The van der Waals surface area contributed by atoms with Crippen molar-refractivity contribution < 1.29 is 5.11 Å². The second-order valence-electron chi connectivity index (χ2n) is 3.89. The van der Waals surface area contributed by atoms with Crippen molar-refractivity contribution in [1.82, 2.24) is 9.38 Å². The van der Waals surface area contributed by atoms with E-state index >= 15 is 0 Å². The van der Waals surface area contributed by atoms with Crippen molar-refractivity contribution in [1.29, 1.82) is 0 Å². The highest BCUT2D eigenvalue weighted by Gasteiger charge is 2.06. The van der Waals surface area contributed by atoms with Gasteiger partial charge in [-0.15, -0.1) is 0 Å². The zero-order valence-electron chi connectivity index (χ0n) is 9.04. The highest BCUT2D eigenvalue weighted by Crippen LogP contribution is 2.23. The summed E-state index contributed by atoms with van der Waals surface area (Å²) in [6.07, 6.45) is 3.60. The third kappa shape index (κ3) is 1.59. The molecule has 2 heterocycles. The van der Waals surface area contributed by atoms with E-state index in [-0.39, 0.29) is 5.75 Å². The number of nitrogens with two attached hydrogens (primary N) is 1. The third-order valence-electron chi connectivity index (χ3n) is 2.65. The monoisotopic (exact) mass is 225 g/mol. The van der Waals surface area contributed by atoms with Gasteiger partial charge in [0, 0.05) is 17.4 Å². The first-order valence-corrected chi connectivity index (χ1v) is 5.26. The molecule has 0 saturated heterocycles. The van der Waals surface area contributed by atoms with Gasteiger partial charge in [0.1, 0.15) is 11.6 Å². The van der Waals surface area contributed by atoms with Gasteiger partial charge in [-0.05, 0) is 24.3 Å². The molecule has 0 aliphatic carbocycles. The molecular formula is C13H11N3O. The van der Waals surface area contributed by atoms with Crippen molar-refractivity contribution in [3.05, 3.63) is 48.8 Å². The minimum atomic E-state index is 0.225. The summed E-state index contributed by atoms with van der Waals surface area (Å²) in [7, 11) is 0. The second kappa shape index (κ2) is 3.52. The maximum absolute atomic E-state index is 9.48. The van der Waals surface area contributed by atoms with Crippen LogP contribution in [0.2, 0.25) is 0 Å². The molecule has 0 spiro atoms. The predicted octanol–water partition coefficient (Wildman–Crippen LogP) is 2.29. The van der Waals surface area contributed by atoms with Crippen LogP contribution in [0.15, 0.2) is 48.8 Å². The molecule has 0 aliphatic rings. The predicted molar refractivity (Wildman–Crippen MR) is 66.7 cm³/mol. The van der Waals surface area contributed by atoms with Crippen LogP contribution in [0, 0.1) is 0 Å². The number of anilines is 1. The van der Waals surface area contributed by atoms with Gasteiger partial charge >= 0.3 is 0 Å². The zero-order valence-corrected chi connectivity index (χ0v) is 9.04. The Bertz CT molecular complexity index is 688. The molecule has 4 heteroatoms. The summed E-state index contributed by atoms with van der Waals surface area (Å²) < 4.78 is 1.91. The van der Waals surface area contributed by atoms with Crippen molar-refractivity contribution in [3.63, 3.8) is 0 Å². The quantitative estimate of drug-likeness (QED) is 0.667. The Labute approximate surface area is 98.0 Å². The lowest BCUT2D eigenvalue weighted by Gasteiger charge is -2.03. The molecule has 1 aromatic carbocycles. The number of imidazole rings is 1. The molecule has 0 bridgehead atoms. The number of phenolic OH excluding ortho intramolecular Hbond substituents is 1. The molecule has 0 unspecified atom stereocenters. The number of benzene rings is 1. The molecule has 0 atom stereocenters. The maximum atomic E-state index is 9.48. The highest BCUT2D eigenvalue weighted by molar-refractivity contribution is 5.65. The number of hydrogen-bond acceptors (Lipinski definition) is 3. The lowest BCUT2D eigenvalue weighted by Crippen LogP contribution is -1.92. The molecule has 0 aliphatic heterocycles. The van der Waals surface area contributed by atoms with Gasteiger partial charge in [0.15, 0.2) is 0 Å². The number of nitrogens with zero attached hydrogens (tertiary/aromatic N) is 2. The van der Waals surface area contributed by atoms with Crippen molar-refractivity contribution in [3.8, 4) is 17.1 Å². The van der Waals surface area contributed by atoms with E-state index < -0.39 is 0 Å². The van der Waals surface area contributed by atoms with E-state index in [0.29, 0.717) is 5.69 Å². The van der Waals surface area contributed by atoms with Gasteiger partial charge in [0.05, 0.1) is 11.7 Å². The van der Waals surface area contributed by atoms with Crippen LogP contribution in [0.1, 0.15) is 0 Å². The first-order chi connectivity index (χ1) is 8.24. The summed E-state index contributed by atoms with van der Waals surface area (Å²) in [4.78, 5) is 4.34. The van der Waals surface area contributed by atoms with E-state index in [0.717, 1.165) is 16.9 Å². The van der Waals surface area contributed by atoms with Gasteiger partial charge in [-0.1, -0.05) is 12.1 Å². The number of rotatable bonds is 1. The molecule has 0 amide bonds. The fourth-order valence-electron chi connectivity index (χ4n) is 1.87. The minimum Gasteiger partial charge on any atom is -0.508 e. The molecule has 4 nitrogen and oxygen atoms in total. The van der Waals surface area contributed by atoms with Gasteiger partial charge in [-0.2, -0.15) is 0 Å². The van der Waals surface area contributed by atoms with Crippen molar-refractivity contribution in [2.24, 2.45) is 0 Å². The van der Waals surface area contributed by atoms with Crippen LogP contribution in [-0.4, -0.2) is 14.5 Å². The van der Waals surface area contributed by atoms with E-state index in [4.69, 9.17) is 5.73 Å². The van der Waals surface area contributed by atoms with Gasteiger partial charge < -0.3 is 10.8 Å². The lowest BCUT2D eigenvalue weighted by atomic mass is 10.2. The Balaban J connectivity index is 2.27. The number of aromatic nitrogens is 2. The Hall–Kier alpha value is -2.49. The number of pyridine rings is 1. The molecule has 3 rings (SSSR count). The summed E-state index contributed by atoms with van der Waals surface area (Å²) in [6.45, 7) is 0. The highest BCUT2D eigenvalue weighted by atomic mass is 16.3. The molecule has 84 valence electrons. The maximum Gasteiger partial charge on any atom is 0.144 e. The van der Waals surface area contributed by atoms with Gasteiger partial charge in [0.2, 0.25) is 0 Å². The van der Waals surface area contributed by atoms with Crippen LogP contribution in [0.4, 0.5) is 5.69 Å². The lowest BCUT2D eigenvalue weighted by molar-refractivity contribution is 0.475. The van der Waals surface area contributed by atoms with Crippen LogP contribution >= 0.6 is 0 Å². The minimum absolute atomic E-state index is 0.225. The zero-order chi connectivity index (χ0) is 11.8. The van der Waals surface area contributed by atoms with Gasteiger partial charge in [-0.3, -0.25) is 4.40 Å². The average molecular weight is 225 g/mol. The standard InChI is InChI=1S/C13H11N3O/c14-10-4-5-11-7-15-13(16(11)8-10)9-2-1-3-12(17)6-9/h1-8,17H,14H2. The summed E-state index contributed by atoms with van der Waals surface area (Å²) in [5.41, 5.74) is 8.27. The van der Waals surface area contributed by atoms with E-state index in [1.807, 2.05) is 28.8 Å². The Morgan fingerprint density at radius 2 is 2.06 bits per heavy atom. The summed E-state index contributed by atoms with van der Waals surface area (Å²) in [5.74, 6) is 0.992. The Kier molecular flexibility index (Phi) is 2.01. The fourth-order valence-corrected chi connectivity index (χ4v) is 1.87. The molecule has 2 aromatic heterocycles. The van der Waals surface area contributed by atoms with E-state index in [1.165, 1.54) is 0 Å². The topological polar surface area (TPSA) is 63.5 Å². The van der Waals surface area contributed by atoms with Crippen LogP contribution in [-0.2, 0) is 0 Å². The second-order valence-corrected chi connectivity index (χ2v) is 3.89. The molecule has 3 N–H and O–H groups in total. The Morgan fingerprint density at radius 3 is 2.88 bits per heavy atom. The SMILES string of the molecule is Nc1ccc2cnc(-c3cccc(O)c3)n2c1. The number of hydrogen-bond donors (Lipinski definition) is 2. The Morgan fingerprint density at radius 1 is 1.18 bits per heavy atom. The molecule has 17 heavy (non-hydrogen) atoms. The summed E-state index contributed by atoms with van der Waals surface area (Å²) in [5, 5.41) is 9.48. The molecule has 3 aromatic rings. The van der Waals surface area contributed by atoms with Crippen molar-refractivity contribution in [2.75, 3.05) is 5.73 Å². The average Bonchev–Trinajstić information content (AvgIpc) is 2.71. The number of phenols is 1. The van der Waals surface area contributed by atoms with Crippen LogP contribution < -0.4 is 5.73 Å². The summed E-state index contributed by atoms with van der Waals surface area (Å²) in [6, 6.07) is 10.7. The first kappa shape index (κ1) is 9.72. The largest absolute Gasteiger partial charge is 0.508 e. The summed E-state index contributed by atoms with van der Waals surface area (Å²) >= 11 is 0. The fraction of sp³-hybridized carbons (Fsp3) is 0. The van der Waals surface area contributed by atoms with Crippen LogP contribution in [0.5, 0.6) is 5.75 Å². The van der Waals surface area contributed by atoms with E-state index in [9.17, 15) is 5.11 Å². The third-order valence-corrected chi connectivity index (χ3v) is 2.65. The normalized spacial score (nSPS) is 10.8. The molecule has 0 saturated carbocycles. The first-order valence-electron chi connectivity index (χ1n) is 5.26. The van der Waals surface area contributed by atoms with Crippen molar-refractivity contribution in [2.45, 2.75) is 0 Å².